The van der Waals surface area contributed by atoms with Gasteiger partial charge in [0.15, 0.2) is 5.79 Å². The first-order valence-corrected chi connectivity index (χ1v) is 3.43. The average molecular weight is 148 g/mol. The molecular formula is C7H16O3. The molecule has 0 aliphatic rings. The minimum atomic E-state index is -1.08. The van der Waals surface area contributed by atoms with Gasteiger partial charge < -0.3 is 14.9 Å². The van der Waals surface area contributed by atoms with E-state index in [0.29, 0.717) is 6.61 Å². The fourth-order valence-corrected chi connectivity index (χ4v) is 0.399. The monoisotopic (exact) mass is 148 g/mol. The first-order chi connectivity index (χ1) is 4.45. The quantitative estimate of drug-likeness (QED) is 0.566. The lowest BCUT2D eigenvalue weighted by atomic mass is 10.2. The molecule has 1 atom stereocenters. The van der Waals surface area contributed by atoms with E-state index in [1.807, 2.05) is 6.92 Å². The summed E-state index contributed by atoms with van der Waals surface area (Å²) in [4.78, 5) is 0. The Balaban J connectivity index is 3.36. The molecule has 62 valence electrons. The summed E-state index contributed by atoms with van der Waals surface area (Å²) in [5, 5.41) is 17.6. The molecule has 0 aromatic carbocycles. The lowest BCUT2D eigenvalue weighted by Crippen LogP contribution is -2.26. The van der Waals surface area contributed by atoms with Gasteiger partial charge in [0.25, 0.3) is 0 Å². The van der Waals surface area contributed by atoms with Crippen LogP contribution in [0.25, 0.3) is 0 Å². The Bertz CT molecular complexity index is 85.3. The Morgan fingerprint density at radius 1 is 1.50 bits per heavy atom. The van der Waals surface area contributed by atoms with Gasteiger partial charge in [0.05, 0.1) is 6.61 Å². The van der Waals surface area contributed by atoms with Gasteiger partial charge in [-0.1, -0.05) is 6.92 Å². The Kier molecular flexibility index (Phi) is 3.86. The molecule has 0 rings (SSSR count). The highest BCUT2D eigenvalue weighted by molar-refractivity contribution is 4.52. The Hall–Kier alpha value is -0.120. The van der Waals surface area contributed by atoms with Crippen LogP contribution in [0.1, 0.15) is 20.8 Å². The van der Waals surface area contributed by atoms with E-state index in [0.717, 1.165) is 0 Å². The highest BCUT2D eigenvalue weighted by Gasteiger charge is 2.13. The second-order valence-corrected chi connectivity index (χ2v) is 3.05. The van der Waals surface area contributed by atoms with Crippen LogP contribution in [0.5, 0.6) is 0 Å². The van der Waals surface area contributed by atoms with Crippen molar-refractivity contribution in [2.45, 2.75) is 26.6 Å². The van der Waals surface area contributed by atoms with E-state index in [1.165, 1.54) is 0 Å². The number of rotatable bonds is 4. The zero-order chi connectivity index (χ0) is 8.20. The summed E-state index contributed by atoms with van der Waals surface area (Å²) in [7, 11) is 0. The van der Waals surface area contributed by atoms with E-state index in [2.05, 4.69) is 0 Å². The SMILES string of the molecule is CC(CO)COC(C)(C)O. The molecule has 1 unspecified atom stereocenters. The lowest BCUT2D eigenvalue weighted by molar-refractivity contribution is -0.184. The minimum absolute atomic E-state index is 0.0893. The zero-order valence-electron chi connectivity index (χ0n) is 6.79. The van der Waals surface area contributed by atoms with Crippen LogP contribution in [0.3, 0.4) is 0 Å². The van der Waals surface area contributed by atoms with Gasteiger partial charge in [-0.3, -0.25) is 0 Å². The van der Waals surface area contributed by atoms with E-state index in [4.69, 9.17) is 14.9 Å². The van der Waals surface area contributed by atoms with Gasteiger partial charge in [-0.15, -0.1) is 0 Å². The number of aliphatic hydroxyl groups is 2. The van der Waals surface area contributed by atoms with E-state index in [9.17, 15) is 0 Å². The molecule has 0 aromatic heterocycles. The molecule has 0 heterocycles. The van der Waals surface area contributed by atoms with Crippen molar-refractivity contribution in [3.05, 3.63) is 0 Å². The van der Waals surface area contributed by atoms with E-state index < -0.39 is 5.79 Å². The average Bonchev–Trinajstić information content (AvgIpc) is 1.81. The van der Waals surface area contributed by atoms with Crippen LogP contribution < -0.4 is 0 Å². The largest absolute Gasteiger partial charge is 0.396 e. The highest BCUT2D eigenvalue weighted by Crippen LogP contribution is 2.05. The minimum Gasteiger partial charge on any atom is -0.396 e. The van der Waals surface area contributed by atoms with Crippen LogP contribution in [0, 0.1) is 5.92 Å². The van der Waals surface area contributed by atoms with Gasteiger partial charge in [-0.2, -0.15) is 0 Å². The van der Waals surface area contributed by atoms with E-state index >= 15 is 0 Å². The molecule has 0 amide bonds. The molecule has 0 saturated heterocycles. The Labute approximate surface area is 61.6 Å². The summed E-state index contributed by atoms with van der Waals surface area (Å²) in [5.74, 6) is -0.991. The molecule has 3 heteroatoms. The summed E-state index contributed by atoms with van der Waals surface area (Å²) < 4.78 is 4.98. The fourth-order valence-electron chi connectivity index (χ4n) is 0.399. The molecule has 3 nitrogen and oxygen atoms in total. The predicted molar refractivity (Wildman–Crippen MR) is 38.5 cm³/mol. The predicted octanol–water partition coefficient (Wildman–Crippen LogP) is 0.360. The Morgan fingerprint density at radius 3 is 2.30 bits per heavy atom. The molecule has 0 aliphatic heterocycles. The topological polar surface area (TPSA) is 49.7 Å². The standard InChI is InChI=1S/C7H16O3/c1-6(4-8)5-10-7(2,3)9/h6,8-9H,4-5H2,1-3H3. The van der Waals surface area contributed by atoms with Crippen molar-refractivity contribution in [3.63, 3.8) is 0 Å². The van der Waals surface area contributed by atoms with Crippen molar-refractivity contribution < 1.29 is 14.9 Å². The maximum atomic E-state index is 9.06. The van der Waals surface area contributed by atoms with Crippen LogP contribution in [0.4, 0.5) is 0 Å². The zero-order valence-corrected chi connectivity index (χ0v) is 6.79. The van der Waals surface area contributed by atoms with Crippen molar-refractivity contribution in [3.8, 4) is 0 Å². The van der Waals surface area contributed by atoms with Gasteiger partial charge in [0, 0.05) is 12.5 Å². The fraction of sp³-hybridized carbons (Fsp3) is 1.00. The smallest absolute Gasteiger partial charge is 0.159 e. The van der Waals surface area contributed by atoms with Crippen molar-refractivity contribution >= 4 is 0 Å². The third-order valence-corrected chi connectivity index (χ3v) is 1.03. The van der Waals surface area contributed by atoms with Gasteiger partial charge in [0.2, 0.25) is 0 Å². The summed E-state index contributed by atoms with van der Waals surface area (Å²) >= 11 is 0. The number of ether oxygens (including phenoxy) is 1. The maximum absolute atomic E-state index is 9.06. The van der Waals surface area contributed by atoms with Crippen LogP contribution >= 0.6 is 0 Å². The third-order valence-electron chi connectivity index (χ3n) is 1.03. The summed E-state index contributed by atoms with van der Waals surface area (Å²) in [6.07, 6.45) is 0. The molecule has 0 spiro atoms. The number of hydrogen-bond acceptors (Lipinski definition) is 3. The highest BCUT2D eigenvalue weighted by atomic mass is 16.6. The lowest BCUT2D eigenvalue weighted by Gasteiger charge is -2.20. The molecule has 0 bridgehead atoms. The van der Waals surface area contributed by atoms with Crippen LogP contribution in [-0.2, 0) is 4.74 Å². The third kappa shape index (κ3) is 6.01. The molecular weight excluding hydrogens is 132 g/mol. The Morgan fingerprint density at radius 2 is 2.00 bits per heavy atom. The van der Waals surface area contributed by atoms with E-state index in [-0.39, 0.29) is 12.5 Å². The van der Waals surface area contributed by atoms with Gasteiger partial charge in [-0.25, -0.2) is 0 Å². The summed E-state index contributed by atoms with van der Waals surface area (Å²) in [5.41, 5.74) is 0. The molecule has 0 saturated carbocycles. The van der Waals surface area contributed by atoms with Gasteiger partial charge >= 0.3 is 0 Å². The van der Waals surface area contributed by atoms with Crippen LogP contribution in [0.2, 0.25) is 0 Å². The number of aliphatic hydroxyl groups excluding tert-OH is 1. The molecule has 0 aromatic rings. The molecule has 0 radical (unpaired) electrons. The van der Waals surface area contributed by atoms with Crippen LogP contribution in [0.15, 0.2) is 0 Å². The summed E-state index contributed by atoms with van der Waals surface area (Å²) in [6, 6.07) is 0. The van der Waals surface area contributed by atoms with Gasteiger partial charge in [-0.05, 0) is 13.8 Å². The second kappa shape index (κ2) is 3.91. The molecule has 10 heavy (non-hydrogen) atoms. The molecule has 2 N–H and O–H groups in total. The van der Waals surface area contributed by atoms with E-state index in [1.54, 1.807) is 13.8 Å². The molecule has 0 aliphatic carbocycles. The van der Waals surface area contributed by atoms with Crippen molar-refractivity contribution in [1.29, 1.82) is 0 Å². The van der Waals surface area contributed by atoms with Crippen molar-refractivity contribution in [1.82, 2.24) is 0 Å². The van der Waals surface area contributed by atoms with Crippen LogP contribution in [-0.4, -0.2) is 29.2 Å². The maximum Gasteiger partial charge on any atom is 0.159 e. The number of hydrogen-bond donors (Lipinski definition) is 2. The first kappa shape index (κ1) is 9.88. The summed E-state index contributed by atoms with van der Waals surface area (Å²) in [6.45, 7) is 5.47. The first-order valence-electron chi connectivity index (χ1n) is 3.43. The molecule has 0 fully saturated rings. The second-order valence-electron chi connectivity index (χ2n) is 3.05. The normalized spacial score (nSPS) is 15.3. The van der Waals surface area contributed by atoms with Crippen molar-refractivity contribution in [2.75, 3.05) is 13.2 Å². The van der Waals surface area contributed by atoms with Gasteiger partial charge in [0.1, 0.15) is 0 Å². The van der Waals surface area contributed by atoms with Crippen molar-refractivity contribution in [2.24, 2.45) is 5.92 Å².